The van der Waals surface area contributed by atoms with Crippen LogP contribution in [0.4, 0.5) is 0 Å². The van der Waals surface area contributed by atoms with Crippen molar-refractivity contribution in [1.82, 2.24) is 15.5 Å². The van der Waals surface area contributed by atoms with Gasteiger partial charge in [0.2, 0.25) is 17.7 Å². The van der Waals surface area contributed by atoms with Gasteiger partial charge in [0, 0.05) is 36.5 Å². The van der Waals surface area contributed by atoms with E-state index in [1.54, 1.807) is 12.1 Å². The predicted molar refractivity (Wildman–Crippen MR) is 103 cm³/mol. The average Bonchev–Trinajstić information content (AvgIpc) is 2.58. The van der Waals surface area contributed by atoms with Crippen LogP contribution >= 0.6 is 11.6 Å². The number of carbonyl (C=O) groups excluding carboxylic acids is 3. The number of likely N-dealkylation sites (N-methyl/N-ethyl adjacent to an activating group) is 1. The Balaban J connectivity index is 2.39. The number of benzene rings is 1. The van der Waals surface area contributed by atoms with Crippen molar-refractivity contribution in [3.8, 4) is 0 Å². The molecule has 1 aromatic carbocycles. The number of carbonyl (C=O) groups is 3. The fourth-order valence-electron chi connectivity index (χ4n) is 2.11. The van der Waals surface area contributed by atoms with Gasteiger partial charge in [-0.25, -0.2) is 0 Å². The number of nitrogens with one attached hydrogen (secondary N) is 2. The molecule has 0 radical (unpaired) electrons. The maximum atomic E-state index is 12.2. The van der Waals surface area contributed by atoms with Crippen molar-refractivity contribution in [3.05, 3.63) is 34.9 Å². The Hall–Kier alpha value is -2.08. The standard InChI is InChI=1S/C19H28ClN3O3/c1-5-23(17(25)10-11-21-18(26)19(2,3)4)13-16(24)22-12-14-6-8-15(20)9-7-14/h6-9H,5,10-13H2,1-4H3,(H,21,26)(H,22,24). The number of nitrogens with zero attached hydrogens (tertiary/aromatic N) is 1. The Labute approximate surface area is 160 Å². The molecule has 0 aliphatic rings. The summed E-state index contributed by atoms with van der Waals surface area (Å²) >= 11 is 5.83. The molecule has 2 N–H and O–H groups in total. The highest BCUT2D eigenvalue weighted by atomic mass is 35.5. The van der Waals surface area contributed by atoms with Gasteiger partial charge >= 0.3 is 0 Å². The first-order valence-electron chi connectivity index (χ1n) is 8.70. The molecule has 0 fully saturated rings. The van der Waals surface area contributed by atoms with Crippen molar-refractivity contribution < 1.29 is 14.4 Å². The lowest BCUT2D eigenvalue weighted by molar-refractivity contribution is -0.136. The third-order valence-corrected chi connectivity index (χ3v) is 4.03. The van der Waals surface area contributed by atoms with Gasteiger partial charge in [0.15, 0.2) is 0 Å². The fraction of sp³-hybridized carbons (Fsp3) is 0.526. The van der Waals surface area contributed by atoms with Crippen LogP contribution < -0.4 is 10.6 Å². The summed E-state index contributed by atoms with van der Waals surface area (Å²) < 4.78 is 0. The van der Waals surface area contributed by atoms with Crippen molar-refractivity contribution in [3.63, 3.8) is 0 Å². The summed E-state index contributed by atoms with van der Waals surface area (Å²) in [6.07, 6.45) is 0.167. The third kappa shape index (κ3) is 7.87. The van der Waals surface area contributed by atoms with Gasteiger partial charge in [-0.2, -0.15) is 0 Å². The van der Waals surface area contributed by atoms with Crippen LogP contribution in [0.25, 0.3) is 0 Å². The van der Waals surface area contributed by atoms with Crippen LogP contribution in [-0.2, 0) is 20.9 Å². The Morgan fingerprint density at radius 1 is 1.08 bits per heavy atom. The normalized spacial score (nSPS) is 11.0. The van der Waals surface area contributed by atoms with E-state index in [2.05, 4.69) is 10.6 Å². The van der Waals surface area contributed by atoms with Gasteiger partial charge in [-0.3, -0.25) is 14.4 Å². The number of hydrogen-bond donors (Lipinski definition) is 2. The van der Waals surface area contributed by atoms with Gasteiger partial charge in [0.05, 0.1) is 6.54 Å². The Bertz CT molecular complexity index is 624. The molecule has 7 heteroatoms. The van der Waals surface area contributed by atoms with Gasteiger partial charge in [-0.05, 0) is 24.6 Å². The molecule has 0 atom stereocenters. The van der Waals surface area contributed by atoms with E-state index in [4.69, 9.17) is 11.6 Å². The van der Waals surface area contributed by atoms with E-state index >= 15 is 0 Å². The maximum Gasteiger partial charge on any atom is 0.239 e. The predicted octanol–water partition coefficient (Wildman–Crippen LogP) is 2.36. The summed E-state index contributed by atoms with van der Waals surface area (Å²) in [6.45, 7) is 8.32. The van der Waals surface area contributed by atoms with E-state index in [0.29, 0.717) is 18.1 Å². The zero-order valence-corrected chi connectivity index (χ0v) is 16.7. The Morgan fingerprint density at radius 2 is 1.69 bits per heavy atom. The van der Waals surface area contributed by atoms with Crippen molar-refractivity contribution >= 4 is 29.3 Å². The smallest absolute Gasteiger partial charge is 0.239 e. The van der Waals surface area contributed by atoms with E-state index in [0.717, 1.165) is 5.56 Å². The fourth-order valence-corrected chi connectivity index (χ4v) is 2.24. The van der Waals surface area contributed by atoms with E-state index in [-0.39, 0.29) is 37.2 Å². The lowest BCUT2D eigenvalue weighted by Gasteiger charge is -2.21. The molecule has 1 rings (SSSR count). The lowest BCUT2D eigenvalue weighted by Crippen LogP contribution is -2.42. The maximum absolute atomic E-state index is 12.2. The van der Waals surface area contributed by atoms with E-state index in [1.807, 2.05) is 39.8 Å². The molecular weight excluding hydrogens is 354 g/mol. The van der Waals surface area contributed by atoms with Gasteiger partial charge in [-0.15, -0.1) is 0 Å². The zero-order chi connectivity index (χ0) is 19.7. The molecule has 0 heterocycles. The zero-order valence-electron chi connectivity index (χ0n) is 15.9. The summed E-state index contributed by atoms with van der Waals surface area (Å²) in [5, 5.41) is 6.17. The molecule has 0 spiro atoms. The summed E-state index contributed by atoms with van der Waals surface area (Å²) in [6, 6.07) is 7.19. The number of halogens is 1. The van der Waals surface area contributed by atoms with Crippen LogP contribution in [0.3, 0.4) is 0 Å². The second-order valence-electron chi connectivity index (χ2n) is 7.07. The highest BCUT2D eigenvalue weighted by Crippen LogP contribution is 2.12. The molecule has 1 aromatic rings. The minimum Gasteiger partial charge on any atom is -0.355 e. The quantitative estimate of drug-likeness (QED) is 0.725. The monoisotopic (exact) mass is 381 g/mol. The second kappa shape index (κ2) is 10.2. The Kier molecular flexibility index (Phi) is 8.58. The molecule has 26 heavy (non-hydrogen) atoms. The van der Waals surface area contributed by atoms with Gasteiger partial charge < -0.3 is 15.5 Å². The van der Waals surface area contributed by atoms with Gasteiger partial charge in [-0.1, -0.05) is 44.5 Å². The number of amides is 3. The van der Waals surface area contributed by atoms with Crippen LogP contribution in [0.5, 0.6) is 0 Å². The molecular formula is C19H28ClN3O3. The lowest BCUT2D eigenvalue weighted by atomic mass is 9.96. The van der Waals surface area contributed by atoms with Crippen LogP contribution in [-0.4, -0.2) is 42.3 Å². The van der Waals surface area contributed by atoms with Crippen LogP contribution in [0, 0.1) is 5.41 Å². The first-order chi connectivity index (χ1) is 12.1. The second-order valence-corrected chi connectivity index (χ2v) is 7.50. The molecule has 0 bridgehead atoms. The van der Waals surface area contributed by atoms with E-state index in [1.165, 1.54) is 4.90 Å². The number of rotatable bonds is 8. The molecule has 144 valence electrons. The molecule has 0 saturated heterocycles. The van der Waals surface area contributed by atoms with Crippen molar-refractivity contribution in [2.75, 3.05) is 19.6 Å². The van der Waals surface area contributed by atoms with Gasteiger partial charge in [0.25, 0.3) is 0 Å². The van der Waals surface area contributed by atoms with Crippen molar-refractivity contribution in [2.24, 2.45) is 5.41 Å². The summed E-state index contributed by atoms with van der Waals surface area (Å²) in [5.41, 5.74) is 0.441. The molecule has 6 nitrogen and oxygen atoms in total. The first kappa shape index (κ1) is 22.0. The molecule has 0 saturated carbocycles. The summed E-state index contributed by atoms with van der Waals surface area (Å²) in [4.78, 5) is 37.6. The van der Waals surface area contributed by atoms with Crippen LogP contribution in [0.2, 0.25) is 5.02 Å². The van der Waals surface area contributed by atoms with Crippen LogP contribution in [0.1, 0.15) is 39.7 Å². The number of hydrogen-bond acceptors (Lipinski definition) is 3. The summed E-state index contributed by atoms with van der Waals surface area (Å²) in [5.74, 6) is -0.494. The minimum atomic E-state index is -0.491. The minimum absolute atomic E-state index is 0.00383. The van der Waals surface area contributed by atoms with Gasteiger partial charge in [0.1, 0.15) is 0 Å². The largest absolute Gasteiger partial charge is 0.355 e. The highest BCUT2D eigenvalue weighted by molar-refractivity contribution is 6.30. The highest BCUT2D eigenvalue weighted by Gasteiger charge is 2.21. The van der Waals surface area contributed by atoms with E-state index in [9.17, 15) is 14.4 Å². The summed E-state index contributed by atoms with van der Waals surface area (Å²) in [7, 11) is 0. The molecule has 0 aliphatic carbocycles. The topological polar surface area (TPSA) is 78.5 Å². The molecule has 0 unspecified atom stereocenters. The molecule has 0 aliphatic heterocycles. The SMILES string of the molecule is CCN(CC(=O)NCc1ccc(Cl)cc1)C(=O)CCNC(=O)C(C)(C)C. The Morgan fingerprint density at radius 3 is 2.23 bits per heavy atom. The van der Waals surface area contributed by atoms with Crippen LogP contribution in [0.15, 0.2) is 24.3 Å². The van der Waals surface area contributed by atoms with Crippen molar-refractivity contribution in [2.45, 2.75) is 40.7 Å². The first-order valence-corrected chi connectivity index (χ1v) is 9.08. The average molecular weight is 382 g/mol. The molecule has 0 aromatic heterocycles. The van der Waals surface area contributed by atoms with E-state index < -0.39 is 5.41 Å². The molecule has 3 amide bonds. The van der Waals surface area contributed by atoms with Crippen molar-refractivity contribution in [1.29, 1.82) is 0 Å². The third-order valence-electron chi connectivity index (χ3n) is 3.78.